The standard InChI is InChI=1S/C23H25FN6O5S/c24-16-4-2-15(3-5-16)13-26-22(32)19-20(31)23(33)29-14-17(28-9-6-25-7-10-28)12-18(21(29)27-19)30-8-1-11-36(30,34)35/h2-5,12,14,25,31H,1,6-11,13H2,(H,26,32). The molecule has 11 nitrogen and oxygen atoms in total. The Morgan fingerprint density at radius 3 is 2.56 bits per heavy atom. The lowest BCUT2D eigenvalue weighted by atomic mass is 10.2. The summed E-state index contributed by atoms with van der Waals surface area (Å²) in [5.74, 6) is -2.13. The zero-order valence-electron chi connectivity index (χ0n) is 19.3. The Labute approximate surface area is 206 Å². The zero-order chi connectivity index (χ0) is 25.4. The summed E-state index contributed by atoms with van der Waals surface area (Å²) in [6, 6.07) is 7.14. The molecule has 1 amide bonds. The number of hydrogen-bond acceptors (Lipinski definition) is 8. The SMILES string of the molecule is O=C(NCc1ccc(F)cc1)c1nc2c(N3CCCS3(=O)=O)cc(N3CCNCC3)cn2c(=O)c1O. The Balaban J connectivity index is 1.59. The molecule has 2 fully saturated rings. The van der Waals surface area contributed by atoms with Gasteiger partial charge in [-0.15, -0.1) is 0 Å². The Bertz CT molecular complexity index is 1490. The lowest BCUT2D eigenvalue weighted by Gasteiger charge is -2.30. The Hall–Kier alpha value is -3.71. The number of sulfonamides is 1. The van der Waals surface area contributed by atoms with Crippen molar-refractivity contribution in [1.82, 2.24) is 20.0 Å². The van der Waals surface area contributed by atoms with E-state index in [1.807, 2.05) is 4.90 Å². The van der Waals surface area contributed by atoms with Gasteiger partial charge < -0.3 is 20.6 Å². The number of hydrogen-bond donors (Lipinski definition) is 3. The van der Waals surface area contributed by atoms with Gasteiger partial charge in [-0.25, -0.2) is 17.8 Å². The van der Waals surface area contributed by atoms with Crippen LogP contribution in [0.1, 0.15) is 22.5 Å². The van der Waals surface area contributed by atoms with Gasteiger partial charge in [-0.05, 0) is 30.2 Å². The van der Waals surface area contributed by atoms with E-state index < -0.39 is 38.8 Å². The van der Waals surface area contributed by atoms with Crippen molar-refractivity contribution in [3.63, 3.8) is 0 Å². The molecule has 0 bridgehead atoms. The number of aromatic hydroxyl groups is 1. The van der Waals surface area contributed by atoms with Crippen molar-refractivity contribution in [3.8, 4) is 5.75 Å². The number of nitrogens with zero attached hydrogens (tertiary/aromatic N) is 4. The van der Waals surface area contributed by atoms with Crippen LogP contribution in [0.2, 0.25) is 0 Å². The summed E-state index contributed by atoms with van der Waals surface area (Å²) in [5.41, 5.74) is -0.0666. The van der Waals surface area contributed by atoms with Crippen LogP contribution in [0.4, 0.5) is 15.8 Å². The molecule has 36 heavy (non-hydrogen) atoms. The number of amides is 1. The van der Waals surface area contributed by atoms with Crippen molar-refractivity contribution < 1.29 is 22.7 Å². The first-order valence-electron chi connectivity index (χ1n) is 11.5. The van der Waals surface area contributed by atoms with E-state index >= 15 is 0 Å². The van der Waals surface area contributed by atoms with Gasteiger partial charge in [-0.2, -0.15) is 0 Å². The minimum absolute atomic E-state index is 0.00883. The van der Waals surface area contributed by atoms with Gasteiger partial charge in [0.05, 0.1) is 17.1 Å². The number of benzene rings is 1. The maximum atomic E-state index is 13.2. The quantitative estimate of drug-likeness (QED) is 0.444. The molecule has 2 aliphatic rings. The summed E-state index contributed by atoms with van der Waals surface area (Å²) in [4.78, 5) is 32.3. The predicted molar refractivity (Wildman–Crippen MR) is 132 cm³/mol. The Morgan fingerprint density at radius 1 is 1.17 bits per heavy atom. The molecular weight excluding hydrogens is 491 g/mol. The first kappa shape index (κ1) is 24.0. The number of carbonyl (C=O) groups is 1. The molecule has 4 heterocycles. The predicted octanol–water partition coefficient (Wildman–Crippen LogP) is 0.419. The van der Waals surface area contributed by atoms with Crippen LogP contribution < -0.4 is 25.4 Å². The molecule has 0 saturated carbocycles. The van der Waals surface area contributed by atoms with Crippen molar-refractivity contribution in [2.75, 3.05) is 47.7 Å². The van der Waals surface area contributed by atoms with Crippen LogP contribution in [0, 0.1) is 5.82 Å². The number of fused-ring (bicyclic) bond motifs is 1. The third-order valence-electron chi connectivity index (χ3n) is 6.30. The Morgan fingerprint density at radius 2 is 1.89 bits per heavy atom. The summed E-state index contributed by atoms with van der Waals surface area (Å²) < 4.78 is 41.0. The minimum Gasteiger partial charge on any atom is -0.501 e. The maximum Gasteiger partial charge on any atom is 0.301 e. The number of piperazine rings is 1. The van der Waals surface area contributed by atoms with E-state index in [-0.39, 0.29) is 30.2 Å². The summed E-state index contributed by atoms with van der Waals surface area (Å²) in [7, 11) is -3.63. The fraction of sp³-hybridized carbons (Fsp3) is 0.348. The number of carbonyl (C=O) groups excluding carboxylic acids is 1. The number of rotatable bonds is 5. The molecule has 1 aromatic carbocycles. The van der Waals surface area contributed by atoms with Crippen molar-refractivity contribution >= 4 is 33.0 Å². The Kier molecular flexibility index (Phi) is 6.26. The molecule has 3 aromatic rings. The molecule has 0 unspecified atom stereocenters. The highest BCUT2D eigenvalue weighted by atomic mass is 32.2. The maximum absolute atomic E-state index is 13.2. The van der Waals surface area contributed by atoms with Gasteiger partial charge in [0.2, 0.25) is 15.8 Å². The fourth-order valence-corrected chi connectivity index (χ4v) is 5.97. The molecule has 3 N–H and O–H groups in total. The normalized spacial score (nSPS) is 17.5. The van der Waals surface area contributed by atoms with E-state index in [2.05, 4.69) is 15.6 Å². The van der Waals surface area contributed by atoms with Gasteiger partial charge in [0.15, 0.2) is 11.3 Å². The molecule has 0 radical (unpaired) electrons. The molecule has 5 rings (SSSR count). The highest BCUT2D eigenvalue weighted by molar-refractivity contribution is 7.93. The average molecular weight is 517 g/mol. The van der Waals surface area contributed by atoms with Gasteiger partial charge in [-0.1, -0.05) is 12.1 Å². The molecule has 13 heteroatoms. The highest BCUT2D eigenvalue weighted by Crippen LogP contribution is 2.32. The zero-order valence-corrected chi connectivity index (χ0v) is 20.1. The molecule has 190 valence electrons. The third-order valence-corrected chi connectivity index (χ3v) is 8.15. The topological polar surface area (TPSA) is 136 Å². The summed E-state index contributed by atoms with van der Waals surface area (Å²) >= 11 is 0. The van der Waals surface area contributed by atoms with E-state index in [1.165, 1.54) is 34.8 Å². The van der Waals surface area contributed by atoms with Crippen LogP contribution in [-0.2, 0) is 16.6 Å². The van der Waals surface area contributed by atoms with Gasteiger partial charge in [0, 0.05) is 45.5 Å². The van der Waals surface area contributed by atoms with E-state index in [4.69, 9.17) is 0 Å². The second-order valence-corrected chi connectivity index (χ2v) is 10.7. The van der Waals surface area contributed by atoms with Crippen LogP contribution in [0.25, 0.3) is 5.65 Å². The first-order valence-corrected chi connectivity index (χ1v) is 13.1. The van der Waals surface area contributed by atoms with E-state index in [1.54, 1.807) is 6.07 Å². The second kappa shape index (κ2) is 9.39. The lowest BCUT2D eigenvalue weighted by Crippen LogP contribution is -2.43. The van der Waals surface area contributed by atoms with Gasteiger partial charge in [-0.3, -0.25) is 18.3 Å². The monoisotopic (exact) mass is 516 g/mol. The first-order chi connectivity index (χ1) is 17.2. The summed E-state index contributed by atoms with van der Waals surface area (Å²) in [6.07, 6.45) is 1.92. The average Bonchev–Trinajstić information content (AvgIpc) is 3.24. The second-order valence-electron chi connectivity index (χ2n) is 8.68. The lowest BCUT2D eigenvalue weighted by molar-refractivity contribution is 0.0942. The van der Waals surface area contributed by atoms with Gasteiger partial charge in [0.1, 0.15) is 5.82 Å². The smallest absolute Gasteiger partial charge is 0.301 e. The van der Waals surface area contributed by atoms with Crippen LogP contribution in [-0.4, -0.2) is 67.3 Å². The van der Waals surface area contributed by atoms with Crippen molar-refractivity contribution in [2.24, 2.45) is 0 Å². The number of halogens is 1. The van der Waals surface area contributed by atoms with Crippen LogP contribution in [0.5, 0.6) is 5.75 Å². The van der Waals surface area contributed by atoms with Gasteiger partial charge >= 0.3 is 5.56 Å². The van der Waals surface area contributed by atoms with E-state index in [0.29, 0.717) is 30.8 Å². The molecule has 0 spiro atoms. The van der Waals surface area contributed by atoms with Crippen molar-refractivity contribution in [1.29, 1.82) is 0 Å². The van der Waals surface area contributed by atoms with Crippen LogP contribution in [0.15, 0.2) is 41.3 Å². The highest BCUT2D eigenvalue weighted by Gasteiger charge is 2.32. The summed E-state index contributed by atoms with van der Waals surface area (Å²) in [6.45, 7) is 2.97. The number of aromatic nitrogens is 2. The number of pyridine rings is 1. The number of nitrogens with one attached hydrogen (secondary N) is 2. The molecule has 2 aliphatic heterocycles. The van der Waals surface area contributed by atoms with Crippen molar-refractivity contribution in [2.45, 2.75) is 13.0 Å². The van der Waals surface area contributed by atoms with Crippen LogP contribution >= 0.6 is 0 Å². The molecular formula is C23H25FN6O5S. The largest absolute Gasteiger partial charge is 0.501 e. The molecule has 0 aliphatic carbocycles. The third kappa shape index (κ3) is 4.46. The van der Waals surface area contributed by atoms with Crippen molar-refractivity contribution in [3.05, 3.63) is 64.0 Å². The molecule has 2 aromatic heterocycles. The van der Waals surface area contributed by atoms with E-state index in [9.17, 15) is 27.5 Å². The van der Waals surface area contributed by atoms with Crippen LogP contribution in [0.3, 0.4) is 0 Å². The molecule has 0 atom stereocenters. The minimum atomic E-state index is -3.63. The molecule has 2 saturated heterocycles. The fourth-order valence-electron chi connectivity index (χ4n) is 4.42. The summed E-state index contributed by atoms with van der Waals surface area (Å²) in [5, 5.41) is 16.4. The number of anilines is 2. The van der Waals surface area contributed by atoms with E-state index in [0.717, 1.165) is 17.5 Å². The van der Waals surface area contributed by atoms with Gasteiger partial charge in [0.25, 0.3) is 5.91 Å².